The van der Waals surface area contributed by atoms with Gasteiger partial charge in [-0.05, 0) is 44.8 Å². The summed E-state index contributed by atoms with van der Waals surface area (Å²) in [6, 6.07) is 12.6. The number of benzene rings is 1. The van der Waals surface area contributed by atoms with Crippen LogP contribution >= 0.6 is 0 Å². The van der Waals surface area contributed by atoms with Crippen LogP contribution in [0.15, 0.2) is 30.3 Å². The highest BCUT2D eigenvalue weighted by atomic mass is 15.2. The molecule has 0 bridgehead atoms. The average molecular weight is 290 g/mol. The number of hydrogen-bond acceptors (Lipinski definition) is 2. The lowest BCUT2D eigenvalue weighted by molar-refractivity contribution is 0.126. The van der Waals surface area contributed by atoms with Crippen molar-refractivity contribution in [3.63, 3.8) is 0 Å². The summed E-state index contributed by atoms with van der Waals surface area (Å²) >= 11 is 0. The van der Waals surface area contributed by atoms with Gasteiger partial charge in [0.1, 0.15) is 0 Å². The van der Waals surface area contributed by atoms with Crippen LogP contribution in [0.25, 0.3) is 0 Å². The molecule has 2 atom stereocenters. The van der Waals surface area contributed by atoms with Crippen LogP contribution in [0.3, 0.4) is 0 Å². The summed E-state index contributed by atoms with van der Waals surface area (Å²) in [7, 11) is 2.30. The van der Waals surface area contributed by atoms with E-state index in [1.807, 2.05) is 0 Å². The lowest BCUT2D eigenvalue weighted by Crippen LogP contribution is -2.47. The minimum absolute atomic E-state index is 0.418. The van der Waals surface area contributed by atoms with Crippen molar-refractivity contribution in [1.82, 2.24) is 10.2 Å². The maximum Gasteiger partial charge on any atom is 0.0478 e. The van der Waals surface area contributed by atoms with E-state index in [9.17, 15) is 0 Å². The van der Waals surface area contributed by atoms with E-state index in [4.69, 9.17) is 0 Å². The smallest absolute Gasteiger partial charge is 0.0478 e. The second-order valence-corrected chi connectivity index (χ2v) is 5.95. The van der Waals surface area contributed by atoms with Crippen molar-refractivity contribution in [3.05, 3.63) is 35.9 Å². The normalized spacial score (nSPS) is 14.6. The van der Waals surface area contributed by atoms with Gasteiger partial charge in [0.15, 0.2) is 0 Å². The van der Waals surface area contributed by atoms with Gasteiger partial charge in [0.05, 0.1) is 0 Å². The summed E-state index contributed by atoms with van der Waals surface area (Å²) in [5, 5.41) is 3.78. The Balaban J connectivity index is 2.97. The topological polar surface area (TPSA) is 15.3 Å². The summed E-state index contributed by atoms with van der Waals surface area (Å²) in [4.78, 5) is 2.60. The zero-order valence-corrected chi connectivity index (χ0v) is 14.6. The van der Waals surface area contributed by atoms with Crippen molar-refractivity contribution in [3.8, 4) is 0 Å². The highest BCUT2D eigenvalue weighted by Gasteiger charge is 2.27. The van der Waals surface area contributed by atoms with E-state index >= 15 is 0 Å². The van der Waals surface area contributed by atoms with Crippen LogP contribution in [-0.2, 0) is 0 Å². The summed E-state index contributed by atoms with van der Waals surface area (Å²) in [6.07, 6.45) is 4.79. The predicted molar refractivity (Wildman–Crippen MR) is 93.7 cm³/mol. The standard InChI is InChI=1S/C19H34N2/c1-6-15-20-19(16-13-11-10-12-14-16)18(9-4)21(5)17(7-2)8-3/h10-14,17-20H,6-9,15H2,1-5H3. The Bertz CT molecular complexity index is 359. The molecule has 0 saturated carbocycles. The first-order valence-electron chi connectivity index (χ1n) is 8.69. The van der Waals surface area contributed by atoms with Gasteiger partial charge >= 0.3 is 0 Å². The Hall–Kier alpha value is -0.860. The molecule has 0 aliphatic carbocycles. The molecule has 1 rings (SSSR count). The fourth-order valence-electron chi connectivity index (χ4n) is 3.33. The van der Waals surface area contributed by atoms with E-state index in [1.54, 1.807) is 0 Å². The van der Waals surface area contributed by atoms with Gasteiger partial charge in [0.2, 0.25) is 0 Å². The highest BCUT2D eigenvalue weighted by Crippen LogP contribution is 2.25. The summed E-state index contributed by atoms with van der Waals surface area (Å²) in [6.45, 7) is 10.2. The SMILES string of the molecule is CCCNC(c1ccccc1)C(CC)N(C)C(CC)CC. The third-order valence-corrected chi connectivity index (χ3v) is 4.62. The first kappa shape index (κ1) is 18.2. The minimum Gasteiger partial charge on any atom is -0.309 e. The molecule has 0 saturated heterocycles. The van der Waals surface area contributed by atoms with E-state index in [0.29, 0.717) is 18.1 Å². The Morgan fingerprint density at radius 1 is 0.952 bits per heavy atom. The van der Waals surface area contributed by atoms with Gasteiger partial charge in [-0.25, -0.2) is 0 Å². The van der Waals surface area contributed by atoms with Crippen LogP contribution in [0.1, 0.15) is 65.0 Å². The van der Waals surface area contributed by atoms with Gasteiger partial charge in [0, 0.05) is 18.1 Å². The lowest BCUT2D eigenvalue weighted by atomic mass is 9.94. The zero-order chi connectivity index (χ0) is 15.7. The summed E-state index contributed by atoms with van der Waals surface area (Å²) in [5.74, 6) is 0. The second kappa shape index (κ2) is 9.97. The molecule has 2 unspecified atom stereocenters. The van der Waals surface area contributed by atoms with Crippen molar-refractivity contribution < 1.29 is 0 Å². The molecule has 1 aromatic carbocycles. The second-order valence-electron chi connectivity index (χ2n) is 5.95. The maximum atomic E-state index is 3.78. The number of nitrogens with zero attached hydrogens (tertiary/aromatic N) is 1. The fraction of sp³-hybridized carbons (Fsp3) is 0.684. The zero-order valence-electron chi connectivity index (χ0n) is 14.6. The van der Waals surface area contributed by atoms with Crippen molar-refractivity contribution >= 4 is 0 Å². The first-order valence-corrected chi connectivity index (χ1v) is 8.69. The Kier molecular flexibility index (Phi) is 8.63. The largest absolute Gasteiger partial charge is 0.309 e. The van der Waals surface area contributed by atoms with Crippen molar-refractivity contribution in [2.75, 3.05) is 13.6 Å². The summed E-state index contributed by atoms with van der Waals surface area (Å²) < 4.78 is 0. The average Bonchev–Trinajstić information content (AvgIpc) is 2.53. The van der Waals surface area contributed by atoms with Gasteiger partial charge in [-0.15, -0.1) is 0 Å². The molecule has 0 aromatic heterocycles. The predicted octanol–water partition coefficient (Wildman–Crippen LogP) is 4.63. The molecule has 1 N–H and O–H groups in total. The van der Waals surface area contributed by atoms with Crippen molar-refractivity contribution in [2.24, 2.45) is 0 Å². The Morgan fingerprint density at radius 2 is 1.57 bits per heavy atom. The molecule has 0 radical (unpaired) electrons. The van der Waals surface area contributed by atoms with E-state index in [0.717, 1.165) is 6.54 Å². The number of hydrogen-bond donors (Lipinski definition) is 1. The molecule has 0 aliphatic rings. The highest BCUT2D eigenvalue weighted by molar-refractivity contribution is 5.20. The Morgan fingerprint density at radius 3 is 2.05 bits per heavy atom. The fourth-order valence-corrected chi connectivity index (χ4v) is 3.33. The lowest BCUT2D eigenvalue weighted by Gasteiger charge is -2.39. The van der Waals surface area contributed by atoms with Crippen LogP contribution in [0.4, 0.5) is 0 Å². The third-order valence-electron chi connectivity index (χ3n) is 4.62. The summed E-state index contributed by atoms with van der Waals surface area (Å²) in [5.41, 5.74) is 1.41. The van der Waals surface area contributed by atoms with Gasteiger partial charge in [-0.2, -0.15) is 0 Å². The van der Waals surface area contributed by atoms with Crippen LogP contribution < -0.4 is 5.32 Å². The molecule has 21 heavy (non-hydrogen) atoms. The molecule has 0 heterocycles. The van der Waals surface area contributed by atoms with Gasteiger partial charge in [0.25, 0.3) is 0 Å². The third kappa shape index (κ3) is 5.12. The number of likely N-dealkylation sites (N-methyl/N-ethyl adjacent to an activating group) is 1. The molecule has 120 valence electrons. The minimum atomic E-state index is 0.418. The molecule has 0 fully saturated rings. The molecule has 0 spiro atoms. The molecule has 0 aliphatic heterocycles. The van der Waals surface area contributed by atoms with E-state index in [2.05, 4.69) is 75.3 Å². The van der Waals surface area contributed by atoms with Gasteiger partial charge < -0.3 is 5.32 Å². The van der Waals surface area contributed by atoms with E-state index in [-0.39, 0.29) is 0 Å². The van der Waals surface area contributed by atoms with Crippen LogP contribution in [0, 0.1) is 0 Å². The molecular formula is C19H34N2. The van der Waals surface area contributed by atoms with Crippen LogP contribution in [0.5, 0.6) is 0 Å². The number of rotatable bonds is 10. The molecule has 0 amide bonds. The van der Waals surface area contributed by atoms with E-state index in [1.165, 1.54) is 31.2 Å². The molecule has 2 heteroatoms. The number of nitrogens with one attached hydrogen (secondary N) is 1. The molecular weight excluding hydrogens is 256 g/mol. The first-order chi connectivity index (χ1) is 10.2. The quantitative estimate of drug-likeness (QED) is 0.676. The van der Waals surface area contributed by atoms with Gasteiger partial charge in [-0.3, -0.25) is 4.90 Å². The molecule has 1 aromatic rings. The Labute approximate surface area is 131 Å². The van der Waals surface area contributed by atoms with Crippen LogP contribution in [0.2, 0.25) is 0 Å². The maximum absolute atomic E-state index is 3.78. The molecule has 2 nitrogen and oxygen atoms in total. The van der Waals surface area contributed by atoms with Crippen molar-refractivity contribution in [1.29, 1.82) is 0 Å². The van der Waals surface area contributed by atoms with E-state index < -0.39 is 0 Å². The monoisotopic (exact) mass is 290 g/mol. The van der Waals surface area contributed by atoms with Crippen LogP contribution in [-0.4, -0.2) is 30.6 Å². The van der Waals surface area contributed by atoms with Crippen molar-refractivity contribution in [2.45, 2.75) is 71.5 Å². The van der Waals surface area contributed by atoms with Gasteiger partial charge in [-0.1, -0.05) is 58.0 Å².